The minimum atomic E-state index is -0.484. The maximum absolute atomic E-state index is 11.6. The Balaban J connectivity index is 2.50. The molecule has 1 atom stereocenters. The van der Waals surface area contributed by atoms with Crippen molar-refractivity contribution in [2.45, 2.75) is 32.2 Å². The molecule has 1 aromatic rings. The van der Waals surface area contributed by atoms with Gasteiger partial charge < -0.3 is 16.2 Å². The summed E-state index contributed by atoms with van der Waals surface area (Å²) in [6.07, 6.45) is 2.64. The second-order valence-corrected chi connectivity index (χ2v) is 3.79. The Kier molecular flexibility index (Phi) is 4.79. The van der Waals surface area contributed by atoms with Gasteiger partial charge in [-0.15, -0.1) is 0 Å². The van der Waals surface area contributed by atoms with Gasteiger partial charge in [-0.25, -0.2) is 0 Å². The third-order valence-electron chi connectivity index (χ3n) is 2.32. The van der Waals surface area contributed by atoms with Crippen molar-refractivity contribution in [1.82, 2.24) is 0 Å². The first-order chi connectivity index (χ1) is 7.63. The summed E-state index contributed by atoms with van der Waals surface area (Å²) in [5.74, 6) is -0.0843. The van der Waals surface area contributed by atoms with Crippen molar-refractivity contribution in [2.75, 3.05) is 5.32 Å². The van der Waals surface area contributed by atoms with Crippen molar-refractivity contribution in [3.8, 4) is 5.75 Å². The first-order valence-corrected chi connectivity index (χ1v) is 5.49. The Bertz CT molecular complexity index is 353. The van der Waals surface area contributed by atoms with Gasteiger partial charge in [-0.05, 0) is 18.6 Å². The number of phenolic OH excluding ortho intramolecular Hbond substituents is 1. The average molecular weight is 222 g/mol. The number of hydrogen-bond acceptors (Lipinski definition) is 3. The largest absolute Gasteiger partial charge is 0.508 e. The molecule has 16 heavy (non-hydrogen) atoms. The fourth-order valence-electron chi connectivity index (χ4n) is 1.37. The van der Waals surface area contributed by atoms with Gasteiger partial charge in [0.1, 0.15) is 5.75 Å². The molecule has 0 aliphatic rings. The molecule has 1 rings (SSSR count). The van der Waals surface area contributed by atoms with Crippen LogP contribution >= 0.6 is 0 Å². The minimum Gasteiger partial charge on any atom is -0.508 e. The van der Waals surface area contributed by atoms with Crippen molar-refractivity contribution in [1.29, 1.82) is 0 Å². The van der Waals surface area contributed by atoms with Crippen LogP contribution in [-0.4, -0.2) is 17.1 Å². The quantitative estimate of drug-likeness (QED) is 0.711. The van der Waals surface area contributed by atoms with Crippen LogP contribution in [-0.2, 0) is 4.79 Å². The predicted molar refractivity (Wildman–Crippen MR) is 64.2 cm³/mol. The number of rotatable bonds is 5. The molecule has 0 radical (unpaired) electrons. The molecule has 0 saturated carbocycles. The van der Waals surface area contributed by atoms with Crippen LogP contribution in [0, 0.1) is 0 Å². The number of phenols is 1. The van der Waals surface area contributed by atoms with Crippen LogP contribution in [0.2, 0.25) is 0 Å². The number of carbonyl (C=O) groups is 1. The number of aromatic hydroxyl groups is 1. The number of carbonyl (C=O) groups excluding carboxylic acids is 1. The lowest BCUT2D eigenvalue weighted by molar-refractivity contribution is -0.117. The molecular weight excluding hydrogens is 204 g/mol. The van der Waals surface area contributed by atoms with Gasteiger partial charge in [0, 0.05) is 11.8 Å². The first-order valence-electron chi connectivity index (χ1n) is 5.49. The molecule has 0 aliphatic heterocycles. The number of amides is 1. The number of benzene rings is 1. The topological polar surface area (TPSA) is 75.4 Å². The highest BCUT2D eigenvalue weighted by Gasteiger charge is 2.12. The van der Waals surface area contributed by atoms with Crippen LogP contribution < -0.4 is 11.1 Å². The van der Waals surface area contributed by atoms with Crippen LogP contribution in [0.25, 0.3) is 0 Å². The maximum atomic E-state index is 11.6. The van der Waals surface area contributed by atoms with E-state index in [0.29, 0.717) is 12.1 Å². The van der Waals surface area contributed by atoms with E-state index in [1.165, 1.54) is 6.07 Å². The summed E-state index contributed by atoms with van der Waals surface area (Å²) in [6.45, 7) is 2.06. The van der Waals surface area contributed by atoms with E-state index in [1.54, 1.807) is 18.2 Å². The molecule has 0 unspecified atom stereocenters. The van der Waals surface area contributed by atoms with Crippen molar-refractivity contribution < 1.29 is 9.90 Å². The summed E-state index contributed by atoms with van der Waals surface area (Å²) in [4.78, 5) is 11.6. The zero-order valence-corrected chi connectivity index (χ0v) is 9.44. The molecule has 1 amide bonds. The second-order valence-electron chi connectivity index (χ2n) is 3.79. The molecule has 0 saturated heterocycles. The van der Waals surface area contributed by atoms with Gasteiger partial charge in [-0.1, -0.05) is 25.8 Å². The van der Waals surface area contributed by atoms with Gasteiger partial charge in [-0.2, -0.15) is 0 Å². The van der Waals surface area contributed by atoms with Gasteiger partial charge >= 0.3 is 0 Å². The first kappa shape index (κ1) is 12.5. The highest BCUT2D eigenvalue weighted by molar-refractivity contribution is 5.94. The van der Waals surface area contributed by atoms with E-state index in [0.717, 1.165) is 12.8 Å². The second kappa shape index (κ2) is 6.12. The molecule has 0 aromatic heterocycles. The monoisotopic (exact) mass is 222 g/mol. The van der Waals surface area contributed by atoms with Crippen LogP contribution in [0.5, 0.6) is 5.75 Å². The van der Waals surface area contributed by atoms with Crippen LogP contribution in [0.15, 0.2) is 24.3 Å². The van der Waals surface area contributed by atoms with E-state index in [-0.39, 0.29) is 11.7 Å². The Morgan fingerprint density at radius 1 is 1.56 bits per heavy atom. The molecular formula is C12H18N2O2. The molecule has 4 nitrogen and oxygen atoms in total. The number of unbranched alkanes of at least 4 members (excludes halogenated alkanes) is 1. The third kappa shape index (κ3) is 3.90. The molecule has 0 fully saturated rings. The Labute approximate surface area is 95.5 Å². The zero-order valence-electron chi connectivity index (χ0n) is 9.44. The fraction of sp³-hybridized carbons (Fsp3) is 0.417. The maximum Gasteiger partial charge on any atom is 0.241 e. The average Bonchev–Trinajstić information content (AvgIpc) is 2.25. The molecule has 0 bridgehead atoms. The van der Waals surface area contributed by atoms with Gasteiger partial charge in [0.15, 0.2) is 0 Å². The Morgan fingerprint density at radius 2 is 2.31 bits per heavy atom. The van der Waals surface area contributed by atoms with Crippen molar-refractivity contribution in [3.05, 3.63) is 24.3 Å². The third-order valence-corrected chi connectivity index (χ3v) is 2.32. The molecule has 0 heterocycles. The highest BCUT2D eigenvalue weighted by atomic mass is 16.3. The summed E-state index contributed by atoms with van der Waals surface area (Å²) >= 11 is 0. The fourth-order valence-corrected chi connectivity index (χ4v) is 1.37. The standard InChI is InChI=1S/C12H18N2O2/c1-2-3-7-11(13)12(16)14-9-5-4-6-10(15)8-9/h4-6,8,11,15H,2-3,7,13H2,1H3,(H,14,16)/t11-/m0/s1. The van der Waals surface area contributed by atoms with E-state index in [9.17, 15) is 9.90 Å². The van der Waals surface area contributed by atoms with E-state index in [4.69, 9.17) is 5.73 Å². The van der Waals surface area contributed by atoms with Crippen molar-refractivity contribution >= 4 is 11.6 Å². The Morgan fingerprint density at radius 3 is 2.94 bits per heavy atom. The molecule has 0 spiro atoms. The molecule has 0 aliphatic carbocycles. The molecule has 1 aromatic carbocycles. The Hall–Kier alpha value is -1.55. The molecule has 4 heteroatoms. The van der Waals surface area contributed by atoms with Crippen LogP contribution in [0.4, 0.5) is 5.69 Å². The SMILES string of the molecule is CCCC[C@H](N)C(=O)Nc1cccc(O)c1. The normalized spacial score (nSPS) is 12.1. The van der Waals surface area contributed by atoms with Gasteiger partial charge in [-0.3, -0.25) is 4.79 Å². The zero-order chi connectivity index (χ0) is 12.0. The summed E-state index contributed by atoms with van der Waals surface area (Å²) in [5.41, 5.74) is 6.28. The lowest BCUT2D eigenvalue weighted by atomic mass is 10.1. The van der Waals surface area contributed by atoms with Gasteiger partial charge in [0.25, 0.3) is 0 Å². The van der Waals surface area contributed by atoms with E-state index >= 15 is 0 Å². The van der Waals surface area contributed by atoms with Crippen LogP contribution in [0.3, 0.4) is 0 Å². The smallest absolute Gasteiger partial charge is 0.241 e. The summed E-state index contributed by atoms with van der Waals surface area (Å²) in [5, 5.41) is 11.9. The van der Waals surface area contributed by atoms with E-state index < -0.39 is 6.04 Å². The van der Waals surface area contributed by atoms with E-state index in [1.807, 2.05) is 0 Å². The predicted octanol–water partition coefficient (Wildman–Crippen LogP) is 1.85. The van der Waals surface area contributed by atoms with Gasteiger partial charge in [0.2, 0.25) is 5.91 Å². The molecule has 88 valence electrons. The molecule has 4 N–H and O–H groups in total. The highest BCUT2D eigenvalue weighted by Crippen LogP contribution is 2.15. The number of nitrogens with one attached hydrogen (secondary N) is 1. The number of hydrogen-bond donors (Lipinski definition) is 3. The van der Waals surface area contributed by atoms with Crippen LogP contribution in [0.1, 0.15) is 26.2 Å². The van der Waals surface area contributed by atoms with Gasteiger partial charge in [0.05, 0.1) is 6.04 Å². The lowest BCUT2D eigenvalue weighted by Crippen LogP contribution is -2.35. The van der Waals surface area contributed by atoms with Crippen molar-refractivity contribution in [2.24, 2.45) is 5.73 Å². The summed E-state index contributed by atoms with van der Waals surface area (Å²) in [6, 6.07) is 5.94. The minimum absolute atomic E-state index is 0.125. The summed E-state index contributed by atoms with van der Waals surface area (Å²) < 4.78 is 0. The lowest BCUT2D eigenvalue weighted by Gasteiger charge is -2.11. The summed E-state index contributed by atoms with van der Waals surface area (Å²) in [7, 11) is 0. The van der Waals surface area contributed by atoms with Crippen molar-refractivity contribution in [3.63, 3.8) is 0 Å². The number of nitrogens with two attached hydrogens (primary N) is 1. The number of anilines is 1. The van der Waals surface area contributed by atoms with E-state index in [2.05, 4.69) is 12.2 Å².